The van der Waals surface area contributed by atoms with Crippen LogP contribution in [0.15, 0.2) is 22.3 Å². The first-order valence-corrected chi connectivity index (χ1v) is 11.4. The molecule has 0 bridgehead atoms. The van der Waals surface area contributed by atoms with E-state index in [0.29, 0.717) is 23.9 Å². The summed E-state index contributed by atoms with van der Waals surface area (Å²) in [5, 5.41) is 9.30. The minimum Gasteiger partial charge on any atom is -0.354 e. The first-order valence-electron chi connectivity index (χ1n) is 10.5. The number of thiophene rings is 1. The predicted molar refractivity (Wildman–Crippen MR) is 117 cm³/mol. The lowest BCUT2D eigenvalue weighted by Crippen LogP contribution is -2.37. The van der Waals surface area contributed by atoms with Crippen LogP contribution in [0.2, 0.25) is 0 Å². The number of aromatic nitrogens is 3. The van der Waals surface area contributed by atoms with Crippen molar-refractivity contribution in [3.05, 3.63) is 33.7 Å². The Labute approximate surface area is 174 Å². The number of hydrogen-bond acceptors (Lipinski definition) is 5. The normalized spacial score (nSPS) is 15.6. The van der Waals surface area contributed by atoms with E-state index in [2.05, 4.69) is 22.4 Å². The predicted octanol–water partition coefficient (Wildman–Crippen LogP) is 2.79. The smallest absolute Gasteiger partial charge is 0.291 e. The molecule has 0 atom stereocenters. The highest BCUT2D eigenvalue weighted by Crippen LogP contribution is 2.24. The third-order valence-electron chi connectivity index (χ3n) is 5.97. The van der Waals surface area contributed by atoms with Crippen LogP contribution >= 0.6 is 11.3 Å². The van der Waals surface area contributed by atoms with E-state index in [9.17, 15) is 9.59 Å². The minimum absolute atomic E-state index is 0.0481. The van der Waals surface area contributed by atoms with Gasteiger partial charge in [-0.15, -0.1) is 11.3 Å². The number of carbonyl (C=O) groups excluding carboxylic acids is 1. The number of fused-ring (bicyclic) bond motifs is 3. The Hall–Kier alpha value is -2.19. The van der Waals surface area contributed by atoms with E-state index < -0.39 is 0 Å². The van der Waals surface area contributed by atoms with Gasteiger partial charge in [0, 0.05) is 12.6 Å². The first kappa shape index (κ1) is 20.1. The van der Waals surface area contributed by atoms with Gasteiger partial charge in [0.2, 0.25) is 5.91 Å². The molecule has 156 valence electrons. The highest BCUT2D eigenvalue weighted by Gasteiger charge is 2.18. The number of rotatable bonds is 7. The fourth-order valence-electron chi connectivity index (χ4n) is 4.39. The molecule has 8 heteroatoms. The van der Waals surface area contributed by atoms with Crippen LogP contribution in [-0.4, -0.2) is 51.2 Å². The molecule has 1 N–H and O–H groups in total. The molecule has 1 aliphatic rings. The lowest BCUT2D eigenvalue weighted by Gasteiger charge is -2.31. The van der Waals surface area contributed by atoms with Crippen LogP contribution in [0.4, 0.5) is 0 Å². The maximum atomic E-state index is 12.8. The molecule has 7 nitrogen and oxygen atoms in total. The fraction of sp³-hybridized carbons (Fsp3) is 0.571. The van der Waals surface area contributed by atoms with Crippen molar-refractivity contribution >= 4 is 33.0 Å². The Morgan fingerprint density at radius 2 is 2.10 bits per heavy atom. The molecular formula is C21H29N5O2S. The van der Waals surface area contributed by atoms with Crippen LogP contribution in [-0.2, 0) is 11.3 Å². The molecular weight excluding hydrogens is 386 g/mol. The molecule has 0 spiro atoms. The quantitative estimate of drug-likeness (QED) is 0.603. The van der Waals surface area contributed by atoms with Gasteiger partial charge in [0.25, 0.3) is 5.56 Å². The van der Waals surface area contributed by atoms with Crippen molar-refractivity contribution < 1.29 is 4.79 Å². The Morgan fingerprint density at radius 3 is 2.90 bits per heavy atom. The van der Waals surface area contributed by atoms with Gasteiger partial charge < -0.3 is 10.2 Å². The molecule has 0 radical (unpaired) electrons. The molecule has 0 saturated heterocycles. The van der Waals surface area contributed by atoms with Crippen molar-refractivity contribution in [1.29, 1.82) is 0 Å². The lowest BCUT2D eigenvalue weighted by atomic mass is 9.94. The van der Waals surface area contributed by atoms with Gasteiger partial charge in [0.1, 0.15) is 17.9 Å². The van der Waals surface area contributed by atoms with E-state index in [1.165, 1.54) is 36.8 Å². The molecule has 0 aromatic carbocycles. The maximum Gasteiger partial charge on any atom is 0.291 e. The van der Waals surface area contributed by atoms with E-state index in [1.54, 1.807) is 11.3 Å². The number of aryl methyl sites for hydroxylation is 1. The van der Waals surface area contributed by atoms with Crippen molar-refractivity contribution in [2.45, 2.75) is 58.0 Å². The summed E-state index contributed by atoms with van der Waals surface area (Å²) in [5.41, 5.74) is 1.33. The second-order valence-electron chi connectivity index (χ2n) is 8.02. The van der Waals surface area contributed by atoms with Gasteiger partial charge in [-0.2, -0.15) is 5.10 Å². The SMILES string of the molecule is Cc1nn(CC(=O)NCCCN(C)C2CCCCC2)c(=O)c2cc3sccc3n12. The largest absolute Gasteiger partial charge is 0.354 e. The van der Waals surface area contributed by atoms with E-state index >= 15 is 0 Å². The van der Waals surface area contributed by atoms with Gasteiger partial charge in [-0.3, -0.25) is 14.0 Å². The number of nitrogens with zero attached hydrogens (tertiary/aromatic N) is 4. The molecule has 0 unspecified atom stereocenters. The summed E-state index contributed by atoms with van der Waals surface area (Å²) < 4.78 is 4.19. The van der Waals surface area contributed by atoms with Gasteiger partial charge in [-0.25, -0.2) is 4.68 Å². The van der Waals surface area contributed by atoms with Gasteiger partial charge in [0.15, 0.2) is 0 Å². The van der Waals surface area contributed by atoms with E-state index in [1.807, 2.05) is 28.8 Å². The monoisotopic (exact) mass is 415 g/mol. The number of carbonyl (C=O) groups is 1. The third-order valence-corrected chi connectivity index (χ3v) is 6.82. The number of hydrogen-bond donors (Lipinski definition) is 1. The van der Waals surface area contributed by atoms with Gasteiger partial charge in [0.05, 0.1) is 10.2 Å². The van der Waals surface area contributed by atoms with Crippen LogP contribution in [0.5, 0.6) is 0 Å². The summed E-state index contributed by atoms with van der Waals surface area (Å²) in [6.07, 6.45) is 7.51. The summed E-state index contributed by atoms with van der Waals surface area (Å²) in [6.45, 7) is 3.41. The van der Waals surface area contributed by atoms with Crippen LogP contribution in [0.3, 0.4) is 0 Å². The van der Waals surface area contributed by atoms with E-state index in [0.717, 1.165) is 23.2 Å². The van der Waals surface area contributed by atoms with E-state index in [4.69, 9.17) is 0 Å². The van der Waals surface area contributed by atoms with Gasteiger partial charge >= 0.3 is 0 Å². The third kappa shape index (κ3) is 4.23. The molecule has 1 saturated carbocycles. The summed E-state index contributed by atoms with van der Waals surface area (Å²) in [4.78, 5) is 27.6. The second kappa shape index (κ2) is 8.67. The number of amides is 1. The second-order valence-corrected chi connectivity index (χ2v) is 8.97. The van der Waals surface area contributed by atoms with Crippen molar-refractivity contribution in [3.8, 4) is 0 Å². The van der Waals surface area contributed by atoms with Crippen molar-refractivity contribution in [3.63, 3.8) is 0 Å². The van der Waals surface area contributed by atoms with Gasteiger partial charge in [-0.05, 0) is 57.3 Å². The molecule has 3 aromatic heterocycles. The zero-order chi connectivity index (χ0) is 20.4. The molecule has 4 rings (SSSR count). The maximum absolute atomic E-state index is 12.8. The standard InChI is InChI=1S/C21H29N5O2S/c1-15-23-25(21(28)18-13-19-17(26(15)18)9-12-29-19)14-20(27)22-10-6-11-24(2)16-7-4-3-5-8-16/h9,12-13,16H,3-8,10-11,14H2,1-2H3,(H,22,27). The zero-order valence-electron chi connectivity index (χ0n) is 17.2. The fourth-order valence-corrected chi connectivity index (χ4v) is 5.19. The minimum atomic E-state index is -0.230. The van der Waals surface area contributed by atoms with Crippen LogP contribution in [0.1, 0.15) is 44.3 Å². The van der Waals surface area contributed by atoms with Gasteiger partial charge in [-0.1, -0.05) is 19.3 Å². The van der Waals surface area contributed by atoms with Crippen molar-refractivity contribution in [2.75, 3.05) is 20.1 Å². The zero-order valence-corrected chi connectivity index (χ0v) is 18.0. The van der Waals surface area contributed by atoms with E-state index in [-0.39, 0.29) is 18.0 Å². The highest BCUT2D eigenvalue weighted by atomic mass is 32.1. The molecule has 3 heterocycles. The van der Waals surface area contributed by atoms with Crippen molar-refractivity contribution in [1.82, 2.24) is 24.4 Å². The summed E-state index contributed by atoms with van der Waals surface area (Å²) in [6, 6.07) is 4.56. The van der Waals surface area contributed by atoms with Crippen LogP contribution in [0, 0.1) is 6.92 Å². The average Bonchev–Trinajstić information content (AvgIpc) is 3.31. The molecule has 1 amide bonds. The topological polar surface area (TPSA) is 71.6 Å². The summed E-state index contributed by atoms with van der Waals surface area (Å²) >= 11 is 1.60. The van der Waals surface area contributed by atoms with Crippen LogP contribution in [0.25, 0.3) is 15.7 Å². The number of nitrogens with one attached hydrogen (secondary N) is 1. The highest BCUT2D eigenvalue weighted by molar-refractivity contribution is 7.17. The van der Waals surface area contributed by atoms with Crippen molar-refractivity contribution in [2.24, 2.45) is 0 Å². The summed E-state index contributed by atoms with van der Waals surface area (Å²) in [5.74, 6) is 0.534. The lowest BCUT2D eigenvalue weighted by molar-refractivity contribution is -0.121. The molecule has 1 fully saturated rings. The Morgan fingerprint density at radius 1 is 1.31 bits per heavy atom. The Balaban J connectivity index is 1.33. The molecule has 1 aliphatic carbocycles. The molecule has 0 aliphatic heterocycles. The Bertz CT molecular complexity index is 1060. The Kier molecular flexibility index (Phi) is 6.01. The van der Waals surface area contributed by atoms with Crippen LogP contribution < -0.4 is 10.9 Å². The molecule has 29 heavy (non-hydrogen) atoms. The summed E-state index contributed by atoms with van der Waals surface area (Å²) in [7, 11) is 2.18. The first-order chi connectivity index (χ1) is 14.0. The average molecular weight is 416 g/mol. The molecule has 3 aromatic rings.